The van der Waals surface area contributed by atoms with Crippen LogP contribution in [0.1, 0.15) is 31.7 Å². The molecule has 1 fully saturated rings. The Kier molecular flexibility index (Phi) is 5.70. The lowest BCUT2D eigenvalue weighted by Gasteiger charge is -2.36. The van der Waals surface area contributed by atoms with Crippen molar-refractivity contribution in [2.75, 3.05) is 26.2 Å². The zero-order valence-corrected chi connectivity index (χ0v) is 13.3. The molecule has 0 radical (unpaired) electrons. The summed E-state index contributed by atoms with van der Waals surface area (Å²) in [7, 11) is 0. The van der Waals surface area contributed by atoms with E-state index in [2.05, 4.69) is 30.9 Å². The minimum Gasteiger partial charge on any atom is -0.494 e. The highest BCUT2D eigenvalue weighted by Gasteiger charge is 2.24. The first-order valence-corrected chi connectivity index (χ1v) is 7.76. The van der Waals surface area contributed by atoms with Crippen molar-refractivity contribution in [1.82, 2.24) is 4.90 Å². The highest BCUT2D eigenvalue weighted by Crippen LogP contribution is 2.25. The Morgan fingerprint density at radius 2 is 1.85 bits per heavy atom. The molecule has 20 heavy (non-hydrogen) atoms. The van der Waals surface area contributed by atoms with Crippen LogP contribution in [0.5, 0.6) is 5.75 Å². The van der Waals surface area contributed by atoms with Gasteiger partial charge in [-0.15, -0.1) is 11.6 Å². The molecule has 3 nitrogen and oxygen atoms in total. The lowest BCUT2D eigenvalue weighted by atomic mass is 10.1. The first kappa shape index (κ1) is 15.6. The molecule has 0 saturated carbocycles. The quantitative estimate of drug-likeness (QED) is 0.777. The third-order valence-electron chi connectivity index (χ3n) is 3.47. The summed E-state index contributed by atoms with van der Waals surface area (Å²) >= 11 is 6.54. The first-order chi connectivity index (χ1) is 9.58. The van der Waals surface area contributed by atoms with Gasteiger partial charge in [0, 0.05) is 19.6 Å². The Balaban J connectivity index is 1.92. The van der Waals surface area contributed by atoms with E-state index in [0.717, 1.165) is 30.9 Å². The Hall–Kier alpha value is -0.770. The van der Waals surface area contributed by atoms with Crippen molar-refractivity contribution in [1.29, 1.82) is 0 Å². The van der Waals surface area contributed by atoms with E-state index in [0.29, 0.717) is 6.61 Å². The fourth-order valence-electron chi connectivity index (χ4n) is 2.71. The van der Waals surface area contributed by atoms with Crippen molar-refractivity contribution >= 4 is 11.6 Å². The third kappa shape index (κ3) is 4.37. The average molecular weight is 298 g/mol. The molecule has 0 spiro atoms. The van der Waals surface area contributed by atoms with Gasteiger partial charge in [0.1, 0.15) is 5.75 Å². The summed E-state index contributed by atoms with van der Waals surface area (Å²) in [5.41, 5.74) is 1.14. The minimum atomic E-state index is 0.00294. The Bertz CT molecular complexity index is 399. The molecule has 1 aromatic carbocycles. The van der Waals surface area contributed by atoms with Gasteiger partial charge in [-0.2, -0.15) is 0 Å². The molecule has 0 aliphatic carbocycles. The van der Waals surface area contributed by atoms with Crippen LogP contribution in [0.15, 0.2) is 24.3 Å². The number of nitrogens with zero attached hydrogens (tertiary/aromatic N) is 1. The van der Waals surface area contributed by atoms with Crippen LogP contribution in [0.25, 0.3) is 0 Å². The molecular weight excluding hydrogens is 274 g/mol. The topological polar surface area (TPSA) is 21.7 Å². The highest BCUT2D eigenvalue weighted by molar-refractivity contribution is 6.21. The van der Waals surface area contributed by atoms with Gasteiger partial charge in [0.05, 0.1) is 24.2 Å². The van der Waals surface area contributed by atoms with E-state index in [1.54, 1.807) is 0 Å². The van der Waals surface area contributed by atoms with Gasteiger partial charge >= 0.3 is 0 Å². The molecule has 0 aromatic heterocycles. The Morgan fingerprint density at radius 1 is 1.25 bits per heavy atom. The Labute approximate surface area is 126 Å². The number of hydrogen-bond acceptors (Lipinski definition) is 3. The molecule has 1 aliphatic heterocycles. The van der Waals surface area contributed by atoms with Crippen molar-refractivity contribution < 1.29 is 9.47 Å². The molecule has 1 aromatic rings. The van der Waals surface area contributed by atoms with E-state index in [-0.39, 0.29) is 17.6 Å². The number of benzene rings is 1. The van der Waals surface area contributed by atoms with Gasteiger partial charge in [-0.05, 0) is 38.5 Å². The summed E-state index contributed by atoms with van der Waals surface area (Å²) in [6.45, 7) is 9.65. The first-order valence-electron chi connectivity index (χ1n) is 7.33. The van der Waals surface area contributed by atoms with Crippen LogP contribution in [0.4, 0.5) is 0 Å². The van der Waals surface area contributed by atoms with Crippen LogP contribution in [-0.2, 0) is 4.74 Å². The number of halogens is 1. The van der Waals surface area contributed by atoms with E-state index in [1.807, 2.05) is 19.1 Å². The van der Waals surface area contributed by atoms with Crippen molar-refractivity contribution in [2.24, 2.45) is 0 Å². The summed E-state index contributed by atoms with van der Waals surface area (Å²) in [6.07, 6.45) is 0.561. The third-order valence-corrected chi connectivity index (χ3v) is 3.86. The zero-order valence-electron chi connectivity index (χ0n) is 12.5. The van der Waals surface area contributed by atoms with Crippen LogP contribution in [0.2, 0.25) is 0 Å². The van der Waals surface area contributed by atoms with E-state index in [1.165, 1.54) is 0 Å². The van der Waals surface area contributed by atoms with Gasteiger partial charge in [-0.1, -0.05) is 12.1 Å². The maximum Gasteiger partial charge on any atom is 0.119 e. The molecular formula is C16H24ClNO2. The molecule has 0 amide bonds. The van der Waals surface area contributed by atoms with Crippen LogP contribution in [0.3, 0.4) is 0 Å². The largest absolute Gasteiger partial charge is 0.494 e. The summed E-state index contributed by atoms with van der Waals surface area (Å²) in [5.74, 6) is 0.897. The number of hydrogen-bond donors (Lipinski definition) is 0. The van der Waals surface area contributed by atoms with Crippen molar-refractivity contribution in [3.8, 4) is 5.75 Å². The van der Waals surface area contributed by atoms with Gasteiger partial charge in [-0.3, -0.25) is 4.90 Å². The second kappa shape index (κ2) is 7.30. The van der Waals surface area contributed by atoms with E-state index in [4.69, 9.17) is 21.1 Å². The molecule has 0 N–H and O–H groups in total. The lowest BCUT2D eigenvalue weighted by molar-refractivity contribution is -0.0678. The zero-order chi connectivity index (χ0) is 14.5. The van der Waals surface area contributed by atoms with Gasteiger partial charge in [0.25, 0.3) is 0 Å². The molecule has 3 unspecified atom stereocenters. The molecule has 0 bridgehead atoms. The van der Waals surface area contributed by atoms with Gasteiger partial charge in [0.15, 0.2) is 0 Å². The number of morpholine rings is 1. The fourth-order valence-corrected chi connectivity index (χ4v) is 3.05. The van der Waals surface area contributed by atoms with Gasteiger partial charge < -0.3 is 9.47 Å². The molecule has 3 atom stereocenters. The SMILES string of the molecule is CCOc1ccc(C(Cl)CN2CC(C)OC(C)C2)cc1. The van der Waals surface area contributed by atoms with E-state index in [9.17, 15) is 0 Å². The standard InChI is InChI=1S/C16H24ClNO2/c1-4-19-15-7-5-14(6-8-15)16(17)11-18-9-12(2)20-13(3)10-18/h5-8,12-13,16H,4,9-11H2,1-3H3. The van der Waals surface area contributed by atoms with Crippen LogP contribution in [-0.4, -0.2) is 43.3 Å². The van der Waals surface area contributed by atoms with Crippen molar-refractivity contribution in [3.63, 3.8) is 0 Å². The Morgan fingerprint density at radius 3 is 2.40 bits per heavy atom. The lowest BCUT2D eigenvalue weighted by Crippen LogP contribution is -2.46. The maximum atomic E-state index is 6.54. The molecule has 112 valence electrons. The average Bonchev–Trinajstić information content (AvgIpc) is 2.38. The smallest absolute Gasteiger partial charge is 0.119 e. The number of ether oxygens (including phenoxy) is 2. The molecule has 2 rings (SSSR count). The monoisotopic (exact) mass is 297 g/mol. The summed E-state index contributed by atoms with van der Waals surface area (Å²) < 4.78 is 11.2. The molecule has 1 aliphatic rings. The van der Waals surface area contributed by atoms with Crippen molar-refractivity contribution in [3.05, 3.63) is 29.8 Å². The van der Waals surface area contributed by atoms with Crippen LogP contribution < -0.4 is 4.74 Å². The molecule has 4 heteroatoms. The van der Waals surface area contributed by atoms with Crippen molar-refractivity contribution in [2.45, 2.75) is 38.4 Å². The number of alkyl halides is 1. The predicted octanol–water partition coefficient (Wildman–Crippen LogP) is 3.47. The minimum absolute atomic E-state index is 0.00294. The second-order valence-corrected chi connectivity index (χ2v) is 5.97. The fraction of sp³-hybridized carbons (Fsp3) is 0.625. The van der Waals surface area contributed by atoms with Gasteiger partial charge in [-0.25, -0.2) is 0 Å². The van der Waals surface area contributed by atoms with Crippen LogP contribution >= 0.6 is 11.6 Å². The summed E-state index contributed by atoms with van der Waals surface area (Å²) in [4.78, 5) is 2.38. The highest BCUT2D eigenvalue weighted by atomic mass is 35.5. The number of rotatable bonds is 5. The van der Waals surface area contributed by atoms with E-state index >= 15 is 0 Å². The van der Waals surface area contributed by atoms with Gasteiger partial charge in [0.2, 0.25) is 0 Å². The van der Waals surface area contributed by atoms with Crippen LogP contribution in [0, 0.1) is 0 Å². The normalized spacial score (nSPS) is 25.4. The predicted molar refractivity (Wildman–Crippen MR) is 82.7 cm³/mol. The molecule has 1 heterocycles. The summed E-state index contributed by atoms with van der Waals surface area (Å²) in [6, 6.07) is 8.07. The van der Waals surface area contributed by atoms with E-state index < -0.39 is 0 Å². The summed E-state index contributed by atoms with van der Waals surface area (Å²) in [5, 5.41) is 0.00294. The second-order valence-electron chi connectivity index (χ2n) is 5.45. The molecule has 1 saturated heterocycles. The maximum absolute atomic E-state index is 6.54.